The third-order valence-corrected chi connectivity index (χ3v) is 6.48. The second-order valence-corrected chi connectivity index (χ2v) is 8.66. The van der Waals surface area contributed by atoms with Gasteiger partial charge in [0.2, 0.25) is 5.91 Å². The molecule has 2 aliphatic heterocycles. The van der Waals surface area contributed by atoms with Gasteiger partial charge in [-0.3, -0.25) is 9.48 Å². The highest BCUT2D eigenvalue weighted by Crippen LogP contribution is 2.48. The van der Waals surface area contributed by atoms with Crippen LogP contribution in [0.1, 0.15) is 25.8 Å². The molecule has 4 aromatic rings. The molecule has 0 bridgehead atoms. The number of halogens is 2. The van der Waals surface area contributed by atoms with Gasteiger partial charge in [-0.15, -0.1) is 8.78 Å². The van der Waals surface area contributed by atoms with Gasteiger partial charge < -0.3 is 24.5 Å². The molecule has 0 atom stereocenters. The summed E-state index contributed by atoms with van der Waals surface area (Å²) < 4.78 is 44.5. The van der Waals surface area contributed by atoms with Crippen molar-refractivity contribution in [3.63, 3.8) is 0 Å². The largest absolute Gasteiger partial charge is 0.586 e. The van der Waals surface area contributed by atoms with Crippen LogP contribution in [-0.2, 0) is 4.79 Å². The van der Waals surface area contributed by atoms with Crippen molar-refractivity contribution in [1.82, 2.24) is 19.7 Å². The first-order valence-corrected chi connectivity index (χ1v) is 11.2. The number of furan rings is 1. The quantitative estimate of drug-likeness (QED) is 0.461. The number of piperidine rings is 1. The van der Waals surface area contributed by atoms with Gasteiger partial charge in [-0.1, -0.05) is 6.07 Å². The fraction of sp³-hybridized carbons (Fsp3) is 0.292. The average molecular weight is 481 g/mol. The second-order valence-electron chi connectivity index (χ2n) is 8.66. The maximum absolute atomic E-state index is 13.7. The number of anilines is 1. The zero-order chi connectivity index (χ0) is 24.3. The number of carbonyl (C=O) groups excluding carboxylic acids is 1. The molecular weight excluding hydrogens is 460 g/mol. The van der Waals surface area contributed by atoms with Crippen LogP contribution in [0.15, 0.2) is 47.3 Å². The lowest BCUT2D eigenvalue weighted by Gasteiger charge is -2.31. The van der Waals surface area contributed by atoms with Crippen LogP contribution in [0.4, 0.5) is 14.6 Å². The van der Waals surface area contributed by atoms with Crippen molar-refractivity contribution in [3.8, 4) is 33.9 Å². The number of nitrogens with zero attached hydrogens (tertiary/aromatic N) is 4. The molecule has 180 valence electrons. The van der Waals surface area contributed by atoms with E-state index < -0.39 is 6.29 Å². The fourth-order valence-corrected chi connectivity index (χ4v) is 4.69. The number of likely N-dealkylation sites (tertiary alicyclic amines) is 1. The predicted molar refractivity (Wildman–Crippen MR) is 122 cm³/mol. The van der Waals surface area contributed by atoms with Gasteiger partial charge in [0.15, 0.2) is 22.9 Å². The van der Waals surface area contributed by atoms with E-state index in [0.717, 1.165) is 24.0 Å². The smallest absolute Gasteiger partial charge is 0.452 e. The van der Waals surface area contributed by atoms with Gasteiger partial charge >= 0.3 is 6.29 Å². The van der Waals surface area contributed by atoms with Crippen molar-refractivity contribution in [2.75, 3.05) is 18.8 Å². The van der Waals surface area contributed by atoms with Crippen molar-refractivity contribution < 1.29 is 27.5 Å². The summed E-state index contributed by atoms with van der Waals surface area (Å²) in [5, 5.41) is 5.22. The number of carbonyl (C=O) groups is 1. The fourth-order valence-electron chi connectivity index (χ4n) is 4.69. The van der Waals surface area contributed by atoms with Crippen LogP contribution in [0.2, 0.25) is 0 Å². The molecule has 2 N–H and O–H groups in total. The SMILES string of the molecule is CC(=O)N1CCC(n2cc(-c3cnc(N)c4oc(-c5cccc6c5OC(F)(F)O6)cc34)cn2)CC1. The first-order chi connectivity index (χ1) is 16.8. The topological polar surface area (TPSA) is 109 Å². The van der Waals surface area contributed by atoms with Crippen LogP contribution in [0.3, 0.4) is 0 Å². The second kappa shape index (κ2) is 7.69. The van der Waals surface area contributed by atoms with Crippen LogP contribution in [0.25, 0.3) is 33.4 Å². The summed E-state index contributed by atoms with van der Waals surface area (Å²) in [5.41, 5.74) is 8.28. The number of rotatable bonds is 3. The molecule has 35 heavy (non-hydrogen) atoms. The van der Waals surface area contributed by atoms with Crippen LogP contribution < -0.4 is 15.2 Å². The monoisotopic (exact) mass is 481 g/mol. The summed E-state index contributed by atoms with van der Waals surface area (Å²) in [6, 6.07) is 6.49. The zero-order valence-corrected chi connectivity index (χ0v) is 18.7. The number of hydrogen-bond donors (Lipinski definition) is 1. The number of nitrogens with two attached hydrogens (primary N) is 1. The number of pyridine rings is 1. The Morgan fingerprint density at radius 3 is 2.74 bits per heavy atom. The molecule has 5 heterocycles. The lowest BCUT2D eigenvalue weighted by Crippen LogP contribution is -2.37. The van der Waals surface area contributed by atoms with Crippen molar-refractivity contribution in [3.05, 3.63) is 42.9 Å². The van der Waals surface area contributed by atoms with E-state index in [1.807, 2.05) is 15.8 Å². The van der Waals surface area contributed by atoms with Crippen LogP contribution in [-0.4, -0.2) is 45.0 Å². The lowest BCUT2D eigenvalue weighted by molar-refractivity contribution is -0.286. The Hall–Kier alpha value is -4.15. The van der Waals surface area contributed by atoms with E-state index in [1.54, 1.807) is 37.5 Å². The lowest BCUT2D eigenvalue weighted by atomic mass is 10.0. The third-order valence-electron chi connectivity index (χ3n) is 6.48. The molecule has 0 spiro atoms. The van der Waals surface area contributed by atoms with Gasteiger partial charge in [-0.25, -0.2) is 4.98 Å². The molecule has 3 aromatic heterocycles. The van der Waals surface area contributed by atoms with Crippen molar-refractivity contribution >= 4 is 22.7 Å². The molecule has 0 saturated carbocycles. The number of hydrogen-bond acceptors (Lipinski definition) is 7. The molecule has 0 aliphatic carbocycles. The maximum Gasteiger partial charge on any atom is 0.586 e. The number of amides is 1. The molecule has 1 fully saturated rings. The Balaban J connectivity index is 1.36. The van der Waals surface area contributed by atoms with Gasteiger partial charge in [-0.05, 0) is 31.0 Å². The summed E-state index contributed by atoms with van der Waals surface area (Å²) >= 11 is 0. The molecule has 6 rings (SSSR count). The maximum atomic E-state index is 13.7. The van der Waals surface area contributed by atoms with Crippen LogP contribution >= 0.6 is 0 Å². The van der Waals surface area contributed by atoms with Gasteiger partial charge in [0.1, 0.15) is 5.76 Å². The van der Waals surface area contributed by atoms with Crippen molar-refractivity contribution in [1.29, 1.82) is 0 Å². The standard InChI is InChI=1S/C24H21F2N5O4/c1-13(32)30-7-5-15(6-8-30)31-12-14(10-29-31)18-11-28-23(27)22-17(18)9-20(33-22)16-3-2-4-19-21(16)35-24(25,26)34-19/h2-4,9-12,15H,5-8H2,1H3,(H2,27,28). The average Bonchev–Trinajstić information content (AvgIpc) is 3.55. The highest BCUT2D eigenvalue weighted by molar-refractivity contribution is 6.00. The number of nitrogen functional groups attached to an aromatic ring is 1. The van der Waals surface area contributed by atoms with E-state index in [4.69, 9.17) is 14.9 Å². The molecule has 11 heteroatoms. The first kappa shape index (κ1) is 21.4. The van der Waals surface area contributed by atoms with Gasteiger partial charge in [0.05, 0.1) is 17.8 Å². The number of fused-ring (bicyclic) bond motifs is 2. The minimum atomic E-state index is -3.74. The van der Waals surface area contributed by atoms with Crippen molar-refractivity contribution in [2.45, 2.75) is 32.1 Å². The van der Waals surface area contributed by atoms with E-state index in [-0.39, 0.29) is 29.3 Å². The number of aromatic nitrogens is 3. The molecule has 0 unspecified atom stereocenters. The summed E-state index contributed by atoms with van der Waals surface area (Å²) in [7, 11) is 0. The Bertz CT molecular complexity index is 1460. The van der Waals surface area contributed by atoms with E-state index in [9.17, 15) is 13.6 Å². The van der Waals surface area contributed by atoms with E-state index >= 15 is 0 Å². The molecule has 1 saturated heterocycles. The summed E-state index contributed by atoms with van der Waals surface area (Å²) in [4.78, 5) is 17.7. The molecule has 2 aliphatic rings. The van der Waals surface area contributed by atoms with Crippen molar-refractivity contribution in [2.24, 2.45) is 0 Å². The Morgan fingerprint density at radius 2 is 1.97 bits per heavy atom. The molecule has 9 nitrogen and oxygen atoms in total. The van der Waals surface area contributed by atoms with Crippen LogP contribution in [0, 0.1) is 0 Å². The minimum absolute atomic E-state index is 0.0728. The zero-order valence-electron chi connectivity index (χ0n) is 18.7. The first-order valence-electron chi connectivity index (χ1n) is 11.2. The number of alkyl halides is 2. The highest BCUT2D eigenvalue weighted by atomic mass is 19.3. The molecule has 1 aromatic carbocycles. The third kappa shape index (κ3) is 3.63. The predicted octanol–water partition coefficient (Wildman–Crippen LogP) is 4.45. The van der Waals surface area contributed by atoms with Gasteiger partial charge in [0.25, 0.3) is 0 Å². The summed E-state index contributed by atoms with van der Waals surface area (Å²) in [6.45, 7) is 2.97. The van der Waals surface area contributed by atoms with Crippen LogP contribution in [0.5, 0.6) is 11.5 Å². The number of benzene rings is 1. The normalized spacial score (nSPS) is 17.3. The number of ether oxygens (including phenoxy) is 2. The summed E-state index contributed by atoms with van der Waals surface area (Å²) in [5.74, 6) is 0.378. The molecular formula is C24H21F2N5O4. The van der Waals surface area contributed by atoms with E-state index in [0.29, 0.717) is 35.4 Å². The molecule has 0 radical (unpaired) electrons. The number of para-hydroxylation sites is 1. The highest BCUT2D eigenvalue weighted by Gasteiger charge is 2.45. The van der Waals surface area contributed by atoms with Gasteiger partial charge in [-0.2, -0.15) is 5.10 Å². The molecule has 1 amide bonds. The Morgan fingerprint density at radius 1 is 1.17 bits per heavy atom. The summed E-state index contributed by atoms with van der Waals surface area (Å²) in [6.07, 6.45) is 3.21. The minimum Gasteiger partial charge on any atom is -0.452 e. The van der Waals surface area contributed by atoms with E-state index in [2.05, 4.69) is 14.8 Å². The van der Waals surface area contributed by atoms with Gasteiger partial charge in [0, 0.05) is 48.9 Å². The van der Waals surface area contributed by atoms with E-state index in [1.165, 1.54) is 6.07 Å². The Labute approximate surface area is 198 Å². The Kier molecular flexibility index (Phi) is 4.70.